The Kier molecular flexibility index (Phi) is 3.87. The Labute approximate surface area is 146 Å². The molecular weight excluding hydrogens is 314 g/mol. The largest absolute Gasteiger partial charge is 0.338 e. The average molecular weight is 335 g/mol. The molecule has 128 valence electrons. The lowest BCUT2D eigenvalue weighted by molar-refractivity contribution is 0.0932. The third-order valence-corrected chi connectivity index (χ3v) is 4.69. The molecular formula is C19H21N5O. The second kappa shape index (κ2) is 6.20. The van der Waals surface area contributed by atoms with Gasteiger partial charge in [-0.05, 0) is 30.5 Å². The van der Waals surface area contributed by atoms with Crippen LogP contribution in [0.2, 0.25) is 0 Å². The van der Waals surface area contributed by atoms with Crippen LogP contribution in [-0.2, 0) is 14.1 Å². The molecule has 0 saturated heterocycles. The highest BCUT2D eigenvalue weighted by Gasteiger charge is 2.29. The van der Waals surface area contributed by atoms with E-state index < -0.39 is 0 Å². The Bertz CT molecular complexity index is 892. The highest BCUT2D eigenvalue weighted by atomic mass is 16.2. The molecule has 2 heterocycles. The number of hydrogen-bond donors (Lipinski definition) is 1. The average Bonchev–Trinajstić information content (AvgIpc) is 3.27. The lowest BCUT2D eigenvalue weighted by atomic mass is 10.0. The minimum Gasteiger partial charge on any atom is -0.338 e. The summed E-state index contributed by atoms with van der Waals surface area (Å²) < 4.78 is 3.46. The number of aromatic nitrogens is 4. The van der Waals surface area contributed by atoms with Crippen molar-refractivity contribution in [3.8, 4) is 0 Å². The molecule has 1 aliphatic carbocycles. The minimum absolute atomic E-state index is 0.128. The van der Waals surface area contributed by atoms with Gasteiger partial charge in [0.25, 0.3) is 5.91 Å². The Balaban J connectivity index is 1.64. The molecule has 1 amide bonds. The van der Waals surface area contributed by atoms with Gasteiger partial charge < -0.3 is 5.32 Å². The van der Waals surface area contributed by atoms with Gasteiger partial charge in [-0.2, -0.15) is 10.2 Å². The van der Waals surface area contributed by atoms with Crippen molar-refractivity contribution >= 4 is 5.91 Å². The van der Waals surface area contributed by atoms with Crippen molar-refractivity contribution in [2.24, 2.45) is 14.1 Å². The van der Waals surface area contributed by atoms with Gasteiger partial charge >= 0.3 is 0 Å². The smallest absolute Gasteiger partial charge is 0.270 e. The summed E-state index contributed by atoms with van der Waals surface area (Å²) in [6, 6.07) is 13.5. The van der Waals surface area contributed by atoms with Crippen LogP contribution in [0, 0.1) is 0 Å². The van der Waals surface area contributed by atoms with Crippen LogP contribution in [0.1, 0.15) is 52.2 Å². The predicted octanol–water partition coefficient (Wildman–Crippen LogP) is 2.55. The number of carbonyl (C=O) groups excluding carboxylic acids is 1. The predicted molar refractivity (Wildman–Crippen MR) is 94.1 cm³/mol. The van der Waals surface area contributed by atoms with E-state index in [-0.39, 0.29) is 11.9 Å². The molecule has 6 heteroatoms. The molecule has 1 saturated carbocycles. The molecule has 1 N–H and O–H groups in total. The van der Waals surface area contributed by atoms with Crippen molar-refractivity contribution in [2.75, 3.05) is 0 Å². The molecule has 0 aliphatic heterocycles. The molecule has 1 aromatic carbocycles. The summed E-state index contributed by atoms with van der Waals surface area (Å²) in [5.74, 6) is 0.395. The monoisotopic (exact) mass is 335 g/mol. The number of amides is 1. The first-order chi connectivity index (χ1) is 12.1. The molecule has 2 aromatic heterocycles. The molecule has 0 spiro atoms. The number of rotatable bonds is 5. The van der Waals surface area contributed by atoms with Gasteiger partial charge in [-0.3, -0.25) is 14.2 Å². The van der Waals surface area contributed by atoms with Gasteiger partial charge in [0.2, 0.25) is 0 Å². The number of nitrogens with one attached hydrogen (secondary N) is 1. The van der Waals surface area contributed by atoms with E-state index in [2.05, 4.69) is 15.5 Å². The highest BCUT2D eigenvalue weighted by molar-refractivity contribution is 5.93. The quantitative estimate of drug-likeness (QED) is 0.779. The van der Waals surface area contributed by atoms with Crippen molar-refractivity contribution in [1.29, 1.82) is 0 Å². The minimum atomic E-state index is -0.263. The van der Waals surface area contributed by atoms with Gasteiger partial charge in [0.1, 0.15) is 5.69 Å². The van der Waals surface area contributed by atoms with Crippen LogP contribution >= 0.6 is 0 Å². The van der Waals surface area contributed by atoms with Gasteiger partial charge in [0.05, 0.1) is 17.4 Å². The van der Waals surface area contributed by atoms with Crippen molar-refractivity contribution in [3.05, 3.63) is 71.3 Å². The number of aryl methyl sites for hydroxylation is 2. The maximum absolute atomic E-state index is 12.9. The Morgan fingerprint density at radius 3 is 2.56 bits per heavy atom. The lowest BCUT2D eigenvalue weighted by Gasteiger charge is -2.19. The number of carbonyl (C=O) groups is 1. The SMILES string of the molecule is Cn1nc(C2CC2)cc1C(=O)NC(c1ccccc1)c1ccnn1C. The van der Waals surface area contributed by atoms with E-state index in [1.165, 1.54) is 12.8 Å². The summed E-state index contributed by atoms with van der Waals surface area (Å²) >= 11 is 0. The first-order valence-corrected chi connectivity index (χ1v) is 8.51. The van der Waals surface area contributed by atoms with Crippen LogP contribution in [-0.4, -0.2) is 25.5 Å². The van der Waals surface area contributed by atoms with E-state index in [1.54, 1.807) is 15.6 Å². The molecule has 1 fully saturated rings. The van der Waals surface area contributed by atoms with E-state index in [0.717, 1.165) is 17.0 Å². The molecule has 1 aliphatic rings. The van der Waals surface area contributed by atoms with Crippen LogP contribution in [0.5, 0.6) is 0 Å². The Hall–Kier alpha value is -2.89. The molecule has 6 nitrogen and oxygen atoms in total. The van der Waals surface area contributed by atoms with Crippen molar-refractivity contribution < 1.29 is 4.79 Å². The summed E-state index contributed by atoms with van der Waals surface area (Å²) in [6.45, 7) is 0. The molecule has 1 unspecified atom stereocenters. The second-order valence-electron chi connectivity index (χ2n) is 6.55. The second-order valence-corrected chi connectivity index (χ2v) is 6.55. The van der Waals surface area contributed by atoms with E-state index in [4.69, 9.17) is 0 Å². The van der Waals surface area contributed by atoms with Gasteiger partial charge in [-0.1, -0.05) is 30.3 Å². The molecule has 3 aromatic rings. The highest BCUT2D eigenvalue weighted by Crippen LogP contribution is 2.39. The van der Waals surface area contributed by atoms with Crippen LogP contribution in [0.3, 0.4) is 0 Å². The summed E-state index contributed by atoms with van der Waals surface area (Å²) in [5, 5.41) is 11.9. The third-order valence-electron chi connectivity index (χ3n) is 4.69. The molecule has 25 heavy (non-hydrogen) atoms. The van der Waals surface area contributed by atoms with E-state index in [9.17, 15) is 4.79 Å². The van der Waals surface area contributed by atoms with Gasteiger partial charge in [0.15, 0.2) is 0 Å². The zero-order chi connectivity index (χ0) is 17.4. The standard InChI is InChI=1S/C19H21N5O/c1-23-16(10-11-20-23)18(14-6-4-3-5-7-14)21-19(25)17-12-15(13-8-9-13)22-24(17)2/h3-7,10-13,18H,8-9H2,1-2H3,(H,21,25). The van der Waals surface area contributed by atoms with Crippen LogP contribution in [0.4, 0.5) is 0 Å². The summed E-state index contributed by atoms with van der Waals surface area (Å²) in [6.07, 6.45) is 4.08. The zero-order valence-corrected chi connectivity index (χ0v) is 14.4. The molecule has 1 atom stereocenters. The fraction of sp³-hybridized carbons (Fsp3) is 0.316. The maximum Gasteiger partial charge on any atom is 0.270 e. The van der Waals surface area contributed by atoms with Crippen LogP contribution in [0.15, 0.2) is 48.7 Å². The topological polar surface area (TPSA) is 64.7 Å². The van der Waals surface area contributed by atoms with Crippen molar-refractivity contribution in [2.45, 2.75) is 24.8 Å². The maximum atomic E-state index is 12.9. The molecule has 0 bridgehead atoms. The zero-order valence-electron chi connectivity index (χ0n) is 14.4. The van der Waals surface area contributed by atoms with E-state index in [1.807, 2.05) is 56.6 Å². The summed E-state index contributed by atoms with van der Waals surface area (Å²) in [7, 11) is 3.70. The van der Waals surface area contributed by atoms with Gasteiger partial charge in [-0.25, -0.2) is 0 Å². The van der Waals surface area contributed by atoms with Crippen molar-refractivity contribution in [1.82, 2.24) is 24.9 Å². The molecule has 0 radical (unpaired) electrons. The number of benzene rings is 1. The third kappa shape index (κ3) is 3.07. The normalized spacial score (nSPS) is 15.1. The first-order valence-electron chi connectivity index (χ1n) is 8.51. The summed E-state index contributed by atoms with van der Waals surface area (Å²) in [4.78, 5) is 12.9. The van der Waals surface area contributed by atoms with Gasteiger partial charge in [-0.15, -0.1) is 0 Å². The van der Waals surface area contributed by atoms with Crippen LogP contribution in [0.25, 0.3) is 0 Å². The van der Waals surface area contributed by atoms with Gasteiger partial charge in [0, 0.05) is 26.2 Å². The molecule has 4 rings (SSSR count). The fourth-order valence-corrected chi connectivity index (χ4v) is 3.13. The van der Waals surface area contributed by atoms with Crippen LogP contribution < -0.4 is 5.32 Å². The first kappa shape index (κ1) is 15.6. The van der Waals surface area contributed by atoms with E-state index in [0.29, 0.717) is 11.6 Å². The number of nitrogens with zero attached hydrogens (tertiary/aromatic N) is 4. The Morgan fingerprint density at radius 1 is 1.16 bits per heavy atom. The Morgan fingerprint density at radius 2 is 1.92 bits per heavy atom. The van der Waals surface area contributed by atoms with E-state index >= 15 is 0 Å². The number of hydrogen-bond acceptors (Lipinski definition) is 3. The van der Waals surface area contributed by atoms with Crippen molar-refractivity contribution in [3.63, 3.8) is 0 Å². The summed E-state index contributed by atoms with van der Waals surface area (Å²) in [5.41, 5.74) is 3.56. The fourth-order valence-electron chi connectivity index (χ4n) is 3.13. The lowest BCUT2D eigenvalue weighted by Crippen LogP contribution is -2.32.